The fourth-order valence-electron chi connectivity index (χ4n) is 2.93. The van der Waals surface area contributed by atoms with Gasteiger partial charge in [0.2, 0.25) is 0 Å². The van der Waals surface area contributed by atoms with Crippen molar-refractivity contribution >= 4 is 22.5 Å². The Kier molecular flexibility index (Phi) is 4.27. The normalized spacial score (nSPS) is 11.0. The molecule has 0 spiro atoms. The Morgan fingerprint density at radius 1 is 0.923 bits per heavy atom. The van der Waals surface area contributed by atoms with Gasteiger partial charge in [0, 0.05) is 10.6 Å². The van der Waals surface area contributed by atoms with E-state index in [1.165, 1.54) is 12.1 Å². The molecule has 0 saturated heterocycles. The standard InChI is InChI=1S/C21H14ClFN2O/c22-18-7-3-1-5-15(18)13-25-20(14-9-11-16(23)12-10-14)24-19-8-4-2-6-17(19)21(25)26/h1-12H,13H2. The van der Waals surface area contributed by atoms with Crippen molar-refractivity contribution in [3.63, 3.8) is 0 Å². The van der Waals surface area contributed by atoms with Crippen molar-refractivity contribution in [3.05, 3.63) is 99.6 Å². The molecule has 0 radical (unpaired) electrons. The van der Waals surface area contributed by atoms with Crippen LogP contribution in [0.5, 0.6) is 0 Å². The van der Waals surface area contributed by atoms with E-state index in [4.69, 9.17) is 11.6 Å². The molecule has 0 bridgehead atoms. The molecule has 0 amide bonds. The molecular formula is C21H14ClFN2O. The average molecular weight is 365 g/mol. The highest BCUT2D eigenvalue weighted by Gasteiger charge is 2.14. The second kappa shape index (κ2) is 6.73. The molecule has 3 aromatic carbocycles. The van der Waals surface area contributed by atoms with Gasteiger partial charge in [0.05, 0.1) is 17.4 Å². The smallest absolute Gasteiger partial charge is 0.261 e. The first kappa shape index (κ1) is 16.5. The van der Waals surface area contributed by atoms with Crippen LogP contribution in [-0.2, 0) is 6.54 Å². The molecule has 0 aliphatic heterocycles. The number of hydrogen-bond donors (Lipinski definition) is 0. The highest BCUT2D eigenvalue weighted by atomic mass is 35.5. The third kappa shape index (κ3) is 3.00. The second-order valence-electron chi connectivity index (χ2n) is 5.94. The SMILES string of the molecule is O=c1c2ccccc2nc(-c2ccc(F)cc2)n1Cc1ccccc1Cl. The molecule has 0 N–H and O–H groups in total. The van der Waals surface area contributed by atoms with Crippen molar-refractivity contribution in [1.82, 2.24) is 9.55 Å². The first-order valence-electron chi connectivity index (χ1n) is 8.12. The first-order chi connectivity index (χ1) is 12.6. The van der Waals surface area contributed by atoms with Crippen LogP contribution >= 0.6 is 11.6 Å². The molecule has 0 atom stereocenters. The first-order valence-corrected chi connectivity index (χ1v) is 8.50. The van der Waals surface area contributed by atoms with Gasteiger partial charge < -0.3 is 0 Å². The van der Waals surface area contributed by atoms with Crippen LogP contribution in [-0.4, -0.2) is 9.55 Å². The zero-order chi connectivity index (χ0) is 18.1. The number of nitrogens with zero attached hydrogens (tertiary/aromatic N) is 2. The minimum atomic E-state index is -0.338. The molecule has 4 rings (SSSR count). The van der Waals surface area contributed by atoms with Crippen LogP contribution in [0.25, 0.3) is 22.3 Å². The Morgan fingerprint density at radius 3 is 2.38 bits per heavy atom. The highest BCUT2D eigenvalue weighted by Crippen LogP contribution is 2.22. The van der Waals surface area contributed by atoms with Crippen molar-refractivity contribution in [2.24, 2.45) is 0 Å². The van der Waals surface area contributed by atoms with E-state index in [-0.39, 0.29) is 17.9 Å². The van der Waals surface area contributed by atoms with Crippen molar-refractivity contribution < 1.29 is 4.39 Å². The van der Waals surface area contributed by atoms with Gasteiger partial charge in [-0.15, -0.1) is 0 Å². The number of rotatable bonds is 3. The van der Waals surface area contributed by atoms with Gasteiger partial charge in [-0.3, -0.25) is 9.36 Å². The molecule has 0 unspecified atom stereocenters. The summed E-state index contributed by atoms with van der Waals surface area (Å²) in [7, 11) is 0. The average Bonchev–Trinajstić information content (AvgIpc) is 2.66. The number of halogens is 2. The summed E-state index contributed by atoms with van der Waals surface area (Å²) in [6, 6.07) is 20.5. The summed E-state index contributed by atoms with van der Waals surface area (Å²) in [5, 5.41) is 1.11. The van der Waals surface area contributed by atoms with Gasteiger partial charge in [-0.05, 0) is 48.0 Å². The number of hydrogen-bond acceptors (Lipinski definition) is 2. The third-order valence-electron chi connectivity index (χ3n) is 4.25. The third-order valence-corrected chi connectivity index (χ3v) is 4.62. The van der Waals surface area contributed by atoms with Gasteiger partial charge in [-0.1, -0.05) is 41.9 Å². The van der Waals surface area contributed by atoms with Crippen molar-refractivity contribution in [2.45, 2.75) is 6.54 Å². The predicted molar refractivity (Wildman–Crippen MR) is 102 cm³/mol. The lowest BCUT2D eigenvalue weighted by Gasteiger charge is -2.14. The fraction of sp³-hybridized carbons (Fsp3) is 0.0476. The number of para-hydroxylation sites is 1. The van der Waals surface area contributed by atoms with Gasteiger partial charge in [0.15, 0.2) is 0 Å². The van der Waals surface area contributed by atoms with Gasteiger partial charge in [0.1, 0.15) is 11.6 Å². The van der Waals surface area contributed by atoms with Gasteiger partial charge in [-0.2, -0.15) is 0 Å². The summed E-state index contributed by atoms with van der Waals surface area (Å²) in [6.07, 6.45) is 0. The number of aromatic nitrogens is 2. The molecule has 1 heterocycles. The highest BCUT2D eigenvalue weighted by molar-refractivity contribution is 6.31. The molecule has 0 saturated carbocycles. The Hall–Kier alpha value is -2.98. The molecule has 1 aromatic heterocycles. The van der Waals surface area contributed by atoms with Gasteiger partial charge in [0.25, 0.3) is 5.56 Å². The van der Waals surface area contributed by atoms with E-state index in [0.717, 1.165) is 5.56 Å². The minimum Gasteiger partial charge on any atom is -0.288 e. The van der Waals surface area contributed by atoms with Gasteiger partial charge >= 0.3 is 0 Å². The largest absolute Gasteiger partial charge is 0.288 e. The fourth-order valence-corrected chi connectivity index (χ4v) is 3.13. The van der Waals surface area contributed by atoms with Crippen molar-refractivity contribution in [2.75, 3.05) is 0 Å². The van der Waals surface area contributed by atoms with E-state index < -0.39 is 0 Å². The predicted octanol–water partition coefficient (Wildman–Crippen LogP) is 4.90. The number of benzene rings is 3. The molecule has 5 heteroatoms. The van der Waals surface area contributed by atoms with Crippen molar-refractivity contribution in [1.29, 1.82) is 0 Å². The molecule has 3 nitrogen and oxygen atoms in total. The van der Waals surface area contributed by atoms with E-state index >= 15 is 0 Å². The van der Waals surface area contributed by atoms with E-state index in [1.54, 1.807) is 34.9 Å². The molecule has 0 aliphatic carbocycles. The second-order valence-corrected chi connectivity index (χ2v) is 6.35. The minimum absolute atomic E-state index is 0.158. The summed E-state index contributed by atoms with van der Waals surface area (Å²) in [4.78, 5) is 17.8. The lowest BCUT2D eigenvalue weighted by molar-refractivity contribution is 0.628. The van der Waals surface area contributed by atoms with E-state index in [1.807, 2.05) is 30.3 Å². The van der Waals surface area contributed by atoms with Crippen LogP contribution in [0.4, 0.5) is 4.39 Å². The molecule has 4 aromatic rings. The zero-order valence-corrected chi connectivity index (χ0v) is 14.4. The van der Waals surface area contributed by atoms with Crippen LogP contribution in [0.15, 0.2) is 77.6 Å². The summed E-state index contributed by atoms with van der Waals surface area (Å²) in [5.41, 5.74) is 1.93. The summed E-state index contributed by atoms with van der Waals surface area (Å²) in [5.74, 6) is 0.142. The molecular weight excluding hydrogens is 351 g/mol. The van der Waals surface area contributed by atoms with Crippen molar-refractivity contribution in [3.8, 4) is 11.4 Å². The van der Waals surface area contributed by atoms with Gasteiger partial charge in [-0.25, -0.2) is 9.37 Å². The lowest BCUT2D eigenvalue weighted by Crippen LogP contribution is -2.24. The Morgan fingerprint density at radius 2 is 1.62 bits per heavy atom. The Labute approximate surface area is 154 Å². The molecule has 128 valence electrons. The van der Waals surface area contributed by atoms with Crippen LogP contribution in [0.2, 0.25) is 5.02 Å². The van der Waals surface area contributed by atoms with E-state index in [9.17, 15) is 9.18 Å². The quantitative estimate of drug-likeness (QED) is 0.518. The van der Waals surface area contributed by atoms with Crippen LogP contribution in [0, 0.1) is 5.82 Å². The summed E-state index contributed by atoms with van der Waals surface area (Å²) in [6.45, 7) is 0.281. The lowest BCUT2D eigenvalue weighted by atomic mass is 10.1. The maximum Gasteiger partial charge on any atom is 0.261 e. The van der Waals surface area contributed by atoms with Crippen LogP contribution in [0.1, 0.15) is 5.56 Å². The van der Waals surface area contributed by atoms with Crippen LogP contribution < -0.4 is 5.56 Å². The summed E-state index contributed by atoms with van der Waals surface area (Å²) >= 11 is 6.28. The van der Waals surface area contributed by atoms with E-state index in [0.29, 0.717) is 27.3 Å². The summed E-state index contributed by atoms with van der Waals surface area (Å²) < 4.78 is 14.9. The zero-order valence-electron chi connectivity index (χ0n) is 13.7. The van der Waals surface area contributed by atoms with E-state index in [2.05, 4.69) is 4.98 Å². The number of fused-ring (bicyclic) bond motifs is 1. The molecule has 0 fully saturated rings. The topological polar surface area (TPSA) is 34.9 Å². The maximum absolute atomic E-state index is 13.3. The molecule has 0 aliphatic rings. The Bertz CT molecular complexity index is 1150. The monoisotopic (exact) mass is 364 g/mol. The Balaban J connectivity index is 1.98. The molecule has 26 heavy (non-hydrogen) atoms. The maximum atomic E-state index is 13.3. The van der Waals surface area contributed by atoms with Crippen LogP contribution in [0.3, 0.4) is 0 Å².